The first kappa shape index (κ1) is 38.3. The zero-order chi connectivity index (χ0) is 41.3. The van der Waals surface area contributed by atoms with Gasteiger partial charge in [-0.2, -0.15) is 0 Å². The second kappa shape index (κ2) is 13.5. The van der Waals surface area contributed by atoms with Crippen LogP contribution in [-0.4, -0.2) is 102 Å². The minimum atomic E-state index is -1.41. The zero-order valence-electron chi connectivity index (χ0n) is 34.1. The second-order valence-corrected chi connectivity index (χ2v) is 18.3. The molecule has 2 saturated heterocycles. The SMILES string of the molecule is COc1c(C)cc2c(c1O)C1[C@@H]3[C@@H]4SC[C@]5(N[C@H](COC(C)=O)Cc6c5[nH]c5ccccc65)C(=O)OC[C@@H](c5c6c(c(C)c(OC(C)=O)c54)OCO6)N3C(C)(C2)CN1C. The van der Waals surface area contributed by atoms with Crippen LogP contribution in [0.1, 0.15) is 82.7 Å². The molecule has 3 aromatic carbocycles. The van der Waals surface area contributed by atoms with E-state index in [9.17, 15) is 14.7 Å². The van der Waals surface area contributed by atoms with Crippen molar-refractivity contribution >= 4 is 40.6 Å². The van der Waals surface area contributed by atoms with Gasteiger partial charge < -0.3 is 38.5 Å². The highest BCUT2D eigenvalue weighted by molar-refractivity contribution is 7.99. The summed E-state index contributed by atoms with van der Waals surface area (Å²) in [6.45, 7) is 9.46. The van der Waals surface area contributed by atoms with E-state index in [-0.39, 0.29) is 43.6 Å². The summed E-state index contributed by atoms with van der Waals surface area (Å²) in [5.74, 6) is 0.824. The summed E-state index contributed by atoms with van der Waals surface area (Å²) in [5, 5.41) is 16.4. The van der Waals surface area contributed by atoms with Gasteiger partial charge in [-0.25, -0.2) is 4.79 Å². The van der Waals surface area contributed by atoms with Gasteiger partial charge in [0.05, 0.1) is 30.1 Å². The number of nitrogens with one attached hydrogen (secondary N) is 2. The summed E-state index contributed by atoms with van der Waals surface area (Å²) in [7, 11) is 3.67. The number of carbonyl (C=O) groups is 3. The van der Waals surface area contributed by atoms with Gasteiger partial charge >= 0.3 is 17.9 Å². The van der Waals surface area contributed by atoms with Crippen molar-refractivity contribution in [1.29, 1.82) is 0 Å². The van der Waals surface area contributed by atoms with Crippen LogP contribution >= 0.6 is 11.8 Å². The molecule has 8 aliphatic rings. The van der Waals surface area contributed by atoms with Crippen LogP contribution in [-0.2, 0) is 42.2 Å². The van der Waals surface area contributed by atoms with Gasteiger partial charge in [-0.15, -0.1) is 11.8 Å². The molecular weight excluding hydrogens is 777 g/mol. The number of rotatable bonds is 4. The summed E-state index contributed by atoms with van der Waals surface area (Å²) >= 11 is 1.57. The maximum atomic E-state index is 15.2. The first-order valence-electron chi connectivity index (χ1n) is 20.1. The molecule has 9 heterocycles. The van der Waals surface area contributed by atoms with Gasteiger partial charge in [0, 0.05) is 76.9 Å². The molecule has 0 amide bonds. The number of likely N-dealkylation sites (N-methyl/N-ethyl adjacent to an activating group) is 1. The summed E-state index contributed by atoms with van der Waals surface area (Å²) < 4.78 is 36.8. The van der Waals surface area contributed by atoms with E-state index in [0.29, 0.717) is 53.6 Å². The minimum Gasteiger partial charge on any atom is -0.504 e. The van der Waals surface area contributed by atoms with E-state index >= 15 is 4.79 Å². The number of benzene rings is 3. The Kier molecular flexibility index (Phi) is 8.77. The molecule has 3 unspecified atom stereocenters. The van der Waals surface area contributed by atoms with E-state index in [1.54, 1.807) is 18.9 Å². The molecule has 3 N–H and O–H groups in total. The zero-order valence-corrected chi connectivity index (χ0v) is 35.0. The van der Waals surface area contributed by atoms with Crippen LogP contribution in [0.2, 0.25) is 0 Å². The second-order valence-electron chi connectivity index (χ2n) is 17.1. The molecule has 8 atom stereocenters. The molecule has 59 heavy (non-hydrogen) atoms. The van der Waals surface area contributed by atoms with Gasteiger partial charge in [-0.05, 0) is 63.4 Å². The molecule has 0 aliphatic carbocycles. The fourth-order valence-corrected chi connectivity index (χ4v) is 13.1. The fraction of sp³-hybridized carbons (Fsp3) is 0.477. The van der Waals surface area contributed by atoms with E-state index in [1.165, 1.54) is 13.8 Å². The highest BCUT2D eigenvalue weighted by Crippen LogP contribution is 2.65. The maximum absolute atomic E-state index is 15.2. The lowest BCUT2D eigenvalue weighted by molar-refractivity contribution is -0.160. The van der Waals surface area contributed by atoms with Crippen molar-refractivity contribution in [3.8, 4) is 28.7 Å². The summed E-state index contributed by atoms with van der Waals surface area (Å²) in [6.07, 6.45) is 1.11. The predicted molar refractivity (Wildman–Crippen MR) is 217 cm³/mol. The van der Waals surface area contributed by atoms with Crippen molar-refractivity contribution in [2.75, 3.05) is 46.5 Å². The number of nitrogens with zero attached hydrogens (tertiary/aromatic N) is 2. The molecule has 14 nitrogen and oxygen atoms in total. The van der Waals surface area contributed by atoms with Crippen LogP contribution in [0.4, 0.5) is 0 Å². The molecule has 15 heteroatoms. The first-order chi connectivity index (χ1) is 28.3. The average molecular weight is 825 g/mol. The van der Waals surface area contributed by atoms with Gasteiger partial charge in [-0.3, -0.25) is 24.7 Å². The number of phenolic OH excluding ortho intramolecular Hbond substituents is 1. The number of methoxy groups -OCH3 is 1. The number of carbonyl (C=O) groups excluding carboxylic acids is 3. The Morgan fingerprint density at radius 2 is 1.83 bits per heavy atom. The monoisotopic (exact) mass is 824 g/mol. The Morgan fingerprint density at radius 1 is 1.05 bits per heavy atom. The van der Waals surface area contributed by atoms with Crippen molar-refractivity contribution in [2.45, 2.75) is 88.0 Å². The van der Waals surface area contributed by atoms with Gasteiger partial charge in [-0.1, -0.05) is 24.3 Å². The number of aromatic hydroxyl groups is 1. The fourth-order valence-electron chi connectivity index (χ4n) is 11.4. The number of thioether (sulfide) groups is 1. The molecule has 2 fully saturated rings. The number of hydrogen-bond donors (Lipinski definition) is 3. The van der Waals surface area contributed by atoms with Crippen LogP contribution in [0.15, 0.2) is 30.3 Å². The topological polar surface area (TPSA) is 161 Å². The van der Waals surface area contributed by atoms with Gasteiger partial charge in [0.1, 0.15) is 19.0 Å². The molecule has 0 radical (unpaired) electrons. The Morgan fingerprint density at radius 3 is 2.59 bits per heavy atom. The third-order valence-corrected chi connectivity index (χ3v) is 14.9. The summed E-state index contributed by atoms with van der Waals surface area (Å²) in [5.41, 5.74) is 5.45. The van der Waals surface area contributed by atoms with E-state index in [1.807, 2.05) is 38.1 Å². The Hall–Kier alpha value is -4.96. The molecule has 4 aromatic rings. The molecule has 8 aliphatic heterocycles. The highest BCUT2D eigenvalue weighted by atomic mass is 32.2. The number of phenols is 1. The van der Waals surface area contributed by atoms with Crippen LogP contribution in [0, 0.1) is 13.8 Å². The number of aryl methyl sites for hydroxylation is 1. The lowest BCUT2D eigenvalue weighted by atomic mass is 9.76. The van der Waals surface area contributed by atoms with Crippen molar-refractivity contribution in [3.63, 3.8) is 0 Å². The number of aromatic nitrogens is 1. The minimum absolute atomic E-state index is 0.0131. The normalized spacial score (nSPS) is 30.2. The van der Waals surface area contributed by atoms with E-state index in [2.05, 4.69) is 40.1 Å². The van der Waals surface area contributed by atoms with Crippen molar-refractivity contribution in [3.05, 3.63) is 75.0 Å². The molecule has 1 aromatic heterocycles. The molecule has 4 bridgehead atoms. The predicted octanol–water partition coefficient (Wildman–Crippen LogP) is 5.18. The van der Waals surface area contributed by atoms with Crippen molar-refractivity contribution in [1.82, 2.24) is 20.1 Å². The van der Waals surface area contributed by atoms with Crippen molar-refractivity contribution < 1.29 is 47.9 Å². The molecule has 1 spiro atoms. The third-order valence-electron chi connectivity index (χ3n) is 13.4. The first-order valence-corrected chi connectivity index (χ1v) is 21.1. The van der Waals surface area contributed by atoms with Gasteiger partial charge in [0.2, 0.25) is 6.79 Å². The molecule has 0 saturated carbocycles. The van der Waals surface area contributed by atoms with Crippen molar-refractivity contribution in [2.24, 2.45) is 0 Å². The van der Waals surface area contributed by atoms with Crippen LogP contribution in [0.3, 0.4) is 0 Å². The number of hydrogen-bond acceptors (Lipinski definition) is 14. The number of H-pyrrole nitrogens is 1. The number of aromatic amines is 1. The molecule has 12 rings (SSSR count). The highest BCUT2D eigenvalue weighted by Gasteiger charge is 2.63. The molecular formula is C44H48N4O10S. The number of piperazine rings is 1. The van der Waals surface area contributed by atoms with Gasteiger partial charge in [0.15, 0.2) is 28.5 Å². The smallest absolute Gasteiger partial charge is 0.333 e. The lowest BCUT2D eigenvalue weighted by Crippen LogP contribution is -2.69. The number of ether oxygens (including phenoxy) is 6. The average Bonchev–Trinajstić information content (AvgIpc) is 3.78. The van der Waals surface area contributed by atoms with Crippen LogP contribution in [0.25, 0.3) is 10.9 Å². The van der Waals surface area contributed by atoms with Crippen LogP contribution < -0.4 is 24.3 Å². The number of fused-ring (bicyclic) bond motifs is 8. The number of esters is 3. The largest absolute Gasteiger partial charge is 0.504 e. The van der Waals surface area contributed by atoms with E-state index < -0.39 is 46.3 Å². The Labute approximate surface area is 345 Å². The van der Waals surface area contributed by atoms with E-state index in [0.717, 1.165) is 44.3 Å². The number of para-hydroxylation sites is 1. The maximum Gasteiger partial charge on any atom is 0.333 e. The Bertz CT molecular complexity index is 2490. The summed E-state index contributed by atoms with van der Waals surface area (Å²) in [4.78, 5) is 48.9. The van der Waals surface area contributed by atoms with E-state index in [4.69, 9.17) is 28.4 Å². The lowest BCUT2D eigenvalue weighted by Gasteiger charge is -2.61. The standard InChI is InChI=1S/C44H48N4O10S/c1-20-12-24-14-43(5)17-47(6)33(30(24)35(51)36(20)53-7)34-40-32-31(39-38(56-19-57-39)21(2)37(32)58-23(4)50)29(48(34)43)16-55-42(52)44(18-59-40)41-27(13-25(46-44)15-54-22(3)49)26-10-8-9-11-28(26)45-41/h8-12,25,29,33-34,40,45-46,51H,13-19H2,1-7H3/t25-,29-,33?,34+,40+,43?,44+/m0/s1. The third kappa shape index (κ3) is 5.46. The molecule has 310 valence electrons. The van der Waals surface area contributed by atoms with Crippen LogP contribution in [0.5, 0.6) is 28.7 Å². The quantitative estimate of drug-likeness (QED) is 0.182. The summed E-state index contributed by atoms with van der Waals surface area (Å²) in [6, 6.07) is 8.37. The van der Waals surface area contributed by atoms with Gasteiger partial charge in [0.25, 0.3) is 0 Å². The Balaban J connectivity index is 1.24.